The van der Waals surface area contributed by atoms with Gasteiger partial charge in [0.25, 0.3) is 0 Å². The molecule has 0 amide bonds. The van der Waals surface area contributed by atoms with Crippen LogP contribution in [-0.2, 0) is 0 Å². The molecule has 0 radical (unpaired) electrons. The van der Waals surface area contributed by atoms with Gasteiger partial charge in [-0.15, -0.1) is 0 Å². The molecular formula is C12H15N5. The van der Waals surface area contributed by atoms with E-state index < -0.39 is 0 Å². The van der Waals surface area contributed by atoms with E-state index in [-0.39, 0.29) is 0 Å². The Hall–Kier alpha value is -1.75. The molecule has 2 aromatic heterocycles. The molecule has 5 heteroatoms. The largest absolute Gasteiger partial charge is 0.336 e. The third kappa shape index (κ3) is 1.93. The zero-order chi connectivity index (χ0) is 11.7. The molecule has 1 fully saturated rings. The highest BCUT2D eigenvalue weighted by molar-refractivity contribution is 5.77. The van der Waals surface area contributed by atoms with Gasteiger partial charge in [-0.1, -0.05) is 0 Å². The van der Waals surface area contributed by atoms with Crippen LogP contribution in [0.1, 0.15) is 6.92 Å². The van der Waals surface area contributed by atoms with E-state index in [2.05, 4.69) is 32.1 Å². The van der Waals surface area contributed by atoms with Gasteiger partial charge in [-0.2, -0.15) is 0 Å². The molecule has 0 spiro atoms. The Kier molecular flexibility index (Phi) is 2.60. The van der Waals surface area contributed by atoms with Gasteiger partial charge in [0.2, 0.25) is 5.95 Å². The lowest BCUT2D eigenvalue weighted by atomic mass is 10.2. The minimum absolute atomic E-state index is 0.429. The van der Waals surface area contributed by atoms with Crippen LogP contribution in [0, 0.1) is 0 Å². The third-order valence-corrected chi connectivity index (χ3v) is 3.13. The summed E-state index contributed by atoms with van der Waals surface area (Å²) >= 11 is 0. The van der Waals surface area contributed by atoms with Gasteiger partial charge in [0.1, 0.15) is 0 Å². The van der Waals surface area contributed by atoms with E-state index in [4.69, 9.17) is 0 Å². The topological polar surface area (TPSA) is 53.9 Å². The van der Waals surface area contributed by atoms with E-state index in [1.54, 1.807) is 12.4 Å². The van der Waals surface area contributed by atoms with Gasteiger partial charge < -0.3 is 10.2 Å². The Morgan fingerprint density at radius 1 is 1.41 bits per heavy atom. The molecule has 5 nitrogen and oxygen atoms in total. The Labute approximate surface area is 99.9 Å². The van der Waals surface area contributed by atoms with Crippen molar-refractivity contribution in [3.63, 3.8) is 0 Å². The van der Waals surface area contributed by atoms with Crippen LogP contribution in [0.4, 0.5) is 5.95 Å². The predicted octanol–water partition coefficient (Wildman–Crippen LogP) is 0.823. The maximum Gasteiger partial charge on any atom is 0.226 e. The van der Waals surface area contributed by atoms with Crippen molar-refractivity contribution >= 4 is 16.9 Å². The van der Waals surface area contributed by atoms with Crippen LogP contribution in [0.15, 0.2) is 24.7 Å². The number of piperazine rings is 1. The second-order valence-corrected chi connectivity index (χ2v) is 4.35. The molecule has 3 rings (SSSR count). The normalized spacial score (nSPS) is 20.8. The molecule has 0 unspecified atom stereocenters. The summed E-state index contributed by atoms with van der Waals surface area (Å²) in [6.07, 6.45) is 5.42. The SMILES string of the molecule is C[C@H]1CNCCN1c1ncc2ccncc2n1. The summed E-state index contributed by atoms with van der Waals surface area (Å²) in [6.45, 7) is 5.10. The van der Waals surface area contributed by atoms with Crippen LogP contribution in [0.25, 0.3) is 10.9 Å². The molecule has 3 heterocycles. The lowest BCUT2D eigenvalue weighted by molar-refractivity contribution is 0.493. The van der Waals surface area contributed by atoms with E-state index in [0.29, 0.717) is 6.04 Å². The van der Waals surface area contributed by atoms with Crippen LogP contribution < -0.4 is 10.2 Å². The van der Waals surface area contributed by atoms with Gasteiger partial charge in [0.15, 0.2) is 0 Å². The van der Waals surface area contributed by atoms with Crippen molar-refractivity contribution in [1.29, 1.82) is 0 Å². The molecule has 0 aliphatic carbocycles. The Balaban J connectivity index is 1.99. The Morgan fingerprint density at radius 3 is 3.24 bits per heavy atom. The van der Waals surface area contributed by atoms with Crippen LogP contribution in [0.5, 0.6) is 0 Å². The number of fused-ring (bicyclic) bond motifs is 1. The van der Waals surface area contributed by atoms with E-state index >= 15 is 0 Å². The van der Waals surface area contributed by atoms with Gasteiger partial charge in [-0.3, -0.25) is 4.98 Å². The van der Waals surface area contributed by atoms with Gasteiger partial charge in [-0.05, 0) is 13.0 Å². The molecular weight excluding hydrogens is 214 g/mol. The fourth-order valence-corrected chi connectivity index (χ4v) is 2.14. The van der Waals surface area contributed by atoms with Gasteiger partial charge in [-0.25, -0.2) is 9.97 Å². The van der Waals surface area contributed by atoms with E-state index in [9.17, 15) is 0 Å². The molecule has 88 valence electrons. The number of aromatic nitrogens is 3. The first kappa shape index (κ1) is 10.4. The molecule has 1 N–H and O–H groups in total. The monoisotopic (exact) mass is 229 g/mol. The summed E-state index contributed by atoms with van der Waals surface area (Å²) in [7, 11) is 0. The average molecular weight is 229 g/mol. The fourth-order valence-electron chi connectivity index (χ4n) is 2.14. The second-order valence-electron chi connectivity index (χ2n) is 4.35. The van der Waals surface area contributed by atoms with Gasteiger partial charge >= 0.3 is 0 Å². The molecule has 1 saturated heterocycles. The van der Waals surface area contributed by atoms with Crippen molar-refractivity contribution in [2.24, 2.45) is 0 Å². The summed E-state index contributed by atoms with van der Waals surface area (Å²) in [5.74, 6) is 0.805. The van der Waals surface area contributed by atoms with Crippen molar-refractivity contribution in [1.82, 2.24) is 20.3 Å². The quantitative estimate of drug-likeness (QED) is 0.784. The smallest absolute Gasteiger partial charge is 0.226 e. The molecule has 17 heavy (non-hydrogen) atoms. The van der Waals surface area contributed by atoms with Crippen LogP contribution >= 0.6 is 0 Å². The number of pyridine rings is 1. The van der Waals surface area contributed by atoms with Crippen LogP contribution in [0.3, 0.4) is 0 Å². The first-order chi connectivity index (χ1) is 8.34. The summed E-state index contributed by atoms with van der Waals surface area (Å²) < 4.78 is 0. The number of nitrogens with one attached hydrogen (secondary N) is 1. The minimum Gasteiger partial charge on any atom is -0.336 e. The van der Waals surface area contributed by atoms with E-state index in [1.807, 2.05) is 12.3 Å². The predicted molar refractivity (Wildman–Crippen MR) is 67.0 cm³/mol. The first-order valence-corrected chi connectivity index (χ1v) is 5.89. The highest BCUT2D eigenvalue weighted by atomic mass is 15.3. The summed E-state index contributed by atoms with van der Waals surface area (Å²) in [5.41, 5.74) is 0.906. The van der Waals surface area contributed by atoms with Gasteiger partial charge in [0, 0.05) is 43.5 Å². The lowest BCUT2D eigenvalue weighted by Crippen LogP contribution is -2.50. The van der Waals surface area contributed by atoms with E-state index in [0.717, 1.165) is 36.5 Å². The van der Waals surface area contributed by atoms with Crippen LogP contribution in [-0.4, -0.2) is 40.6 Å². The number of anilines is 1. The molecule has 0 saturated carbocycles. The third-order valence-electron chi connectivity index (χ3n) is 3.13. The Morgan fingerprint density at radius 2 is 2.35 bits per heavy atom. The minimum atomic E-state index is 0.429. The standard InChI is InChI=1S/C12H15N5/c1-9-6-14-4-5-17(9)12-15-7-10-2-3-13-8-11(10)16-12/h2-3,7-9,14H,4-6H2,1H3/t9-/m0/s1. The highest BCUT2D eigenvalue weighted by Crippen LogP contribution is 2.16. The molecule has 0 aromatic carbocycles. The van der Waals surface area contributed by atoms with Crippen molar-refractivity contribution in [3.05, 3.63) is 24.7 Å². The van der Waals surface area contributed by atoms with Crippen molar-refractivity contribution < 1.29 is 0 Å². The number of nitrogens with zero attached hydrogens (tertiary/aromatic N) is 4. The van der Waals surface area contributed by atoms with Crippen molar-refractivity contribution in [2.45, 2.75) is 13.0 Å². The number of hydrogen-bond acceptors (Lipinski definition) is 5. The maximum absolute atomic E-state index is 4.57. The van der Waals surface area contributed by atoms with E-state index in [1.165, 1.54) is 0 Å². The average Bonchev–Trinajstić information content (AvgIpc) is 2.39. The summed E-state index contributed by atoms with van der Waals surface area (Å²) in [6, 6.07) is 2.36. The second kappa shape index (κ2) is 4.25. The molecule has 1 aliphatic rings. The lowest BCUT2D eigenvalue weighted by Gasteiger charge is -2.33. The maximum atomic E-state index is 4.57. The first-order valence-electron chi connectivity index (χ1n) is 5.89. The summed E-state index contributed by atoms with van der Waals surface area (Å²) in [5, 5.41) is 4.40. The Bertz CT molecular complexity index is 527. The molecule has 1 aliphatic heterocycles. The zero-order valence-corrected chi connectivity index (χ0v) is 9.80. The van der Waals surface area contributed by atoms with Crippen molar-refractivity contribution in [2.75, 3.05) is 24.5 Å². The zero-order valence-electron chi connectivity index (χ0n) is 9.80. The highest BCUT2D eigenvalue weighted by Gasteiger charge is 2.20. The van der Waals surface area contributed by atoms with Gasteiger partial charge in [0.05, 0.1) is 11.7 Å². The van der Waals surface area contributed by atoms with Crippen molar-refractivity contribution in [3.8, 4) is 0 Å². The number of hydrogen-bond donors (Lipinski definition) is 1. The number of rotatable bonds is 1. The molecule has 2 aromatic rings. The molecule has 0 bridgehead atoms. The van der Waals surface area contributed by atoms with Crippen LogP contribution in [0.2, 0.25) is 0 Å². The fraction of sp³-hybridized carbons (Fsp3) is 0.417. The summed E-state index contributed by atoms with van der Waals surface area (Å²) in [4.78, 5) is 15.4. The molecule has 1 atom stereocenters.